The normalized spacial score (nSPS) is 29.7. The zero-order chi connectivity index (χ0) is 21.5. The number of hydrogen-bond donors (Lipinski definition) is 3. The van der Waals surface area contributed by atoms with Crippen molar-refractivity contribution in [2.75, 3.05) is 27.8 Å². The Morgan fingerprint density at radius 1 is 1.13 bits per heavy atom. The van der Waals surface area contributed by atoms with Crippen molar-refractivity contribution in [1.29, 1.82) is 0 Å². The number of carboxylic acid groups (broad SMARTS) is 1. The maximum atomic E-state index is 12.3. The monoisotopic (exact) mass is 417 g/mol. The number of nitrogens with zero attached hydrogens (tertiary/aromatic N) is 1. The van der Waals surface area contributed by atoms with Crippen LogP contribution in [0.2, 0.25) is 0 Å². The van der Waals surface area contributed by atoms with E-state index in [-0.39, 0.29) is 11.5 Å². The molecule has 1 unspecified atom stereocenters. The molecule has 8 nitrogen and oxygen atoms in total. The Balaban J connectivity index is 1.47. The largest absolute Gasteiger partial charge is 0.493 e. The molecule has 0 aromatic heterocycles. The average Bonchev–Trinajstić information content (AvgIpc) is 3.51. The van der Waals surface area contributed by atoms with Crippen LogP contribution in [-0.2, 0) is 15.0 Å². The lowest BCUT2D eigenvalue weighted by Crippen LogP contribution is -2.55. The van der Waals surface area contributed by atoms with Crippen molar-refractivity contribution in [3.05, 3.63) is 23.8 Å². The number of benzene rings is 1. The van der Waals surface area contributed by atoms with Gasteiger partial charge in [-0.15, -0.1) is 0 Å². The molecule has 1 saturated heterocycles. The van der Waals surface area contributed by atoms with Gasteiger partial charge in [0.1, 0.15) is 5.41 Å². The molecule has 1 aromatic carbocycles. The van der Waals surface area contributed by atoms with Crippen LogP contribution in [0.25, 0.3) is 0 Å². The van der Waals surface area contributed by atoms with Crippen LogP contribution >= 0.6 is 0 Å². The van der Waals surface area contributed by atoms with Crippen LogP contribution in [-0.4, -0.2) is 61.8 Å². The summed E-state index contributed by atoms with van der Waals surface area (Å²) in [6, 6.07) is 6.66. The van der Waals surface area contributed by atoms with Gasteiger partial charge in [0, 0.05) is 17.5 Å². The molecule has 0 spiro atoms. The quantitative estimate of drug-likeness (QED) is 0.458. The molecule has 3 fully saturated rings. The molecule has 2 aliphatic carbocycles. The number of carboxylic acids is 1. The van der Waals surface area contributed by atoms with E-state index in [0.717, 1.165) is 43.7 Å². The third kappa shape index (κ3) is 3.32. The van der Waals surface area contributed by atoms with E-state index in [0.29, 0.717) is 18.9 Å². The number of likely N-dealkylation sites (tertiary alicyclic amines) is 1. The first-order chi connectivity index (χ1) is 14.4. The summed E-state index contributed by atoms with van der Waals surface area (Å²) in [5, 5.41) is 9.29. The molecule has 8 heteroatoms. The fourth-order valence-corrected chi connectivity index (χ4v) is 5.34. The van der Waals surface area contributed by atoms with Gasteiger partial charge in [0.2, 0.25) is 0 Å². The van der Waals surface area contributed by atoms with E-state index >= 15 is 0 Å². The number of aliphatic carboxylic acids is 1. The number of carbonyl (C=O) groups excluding carboxylic acids is 1. The standard InChI is InChI=1S/C22H31N3O5/c1-25-11-10-21(14-4-5-16(29-2)17(12-14)30-3)7-6-15(13-18(21)25)23-24-19(26)22(8-9-22)20(27)28/h4-5,12,15,18,23H,6-11,13H2,1-3H3,(H,24,26)(H,27,28)/t15?,18-,21-/m0/s1. The summed E-state index contributed by atoms with van der Waals surface area (Å²) in [5.41, 5.74) is 5.90. The highest BCUT2D eigenvalue weighted by Gasteiger charge is 2.57. The number of nitrogens with one attached hydrogen (secondary N) is 2. The van der Waals surface area contributed by atoms with Crippen molar-refractivity contribution in [1.82, 2.24) is 15.8 Å². The highest BCUT2D eigenvalue weighted by molar-refractivity contribution is 6.04. The van der Waals surface area contributed by atoms with E-state index in [1.807, 2.05) is 6.07 Å². The molecule has 1 heterocycles. The lowest BCUT2D eigenvalue weighted by molar-refractivity contribution is -0.149. The van der Waals surface area contributed by atoms with Crippen molar-refractivity contribution in [3.8, 4) is 11.5 Å². The first-order valence-corrected chi connectivity index (χ1v) is 10.6. The molecule has 1 amide bonds. The number of ether oxygens (including phenoxy) is 2. The number of likely N-dealkylation sites (N-methyl/N-ethyl adjacent to an activating group) is 1. The third-order valence-electron chi connectivity index (χ3n) is 7.47. The maximum absolute atomic E-state index is 12.3. The Morgan fingerprint density at radius 3 is 2.50 bits per heavy atom. The average molecular weight is 418 g/mol. The molecule has 2 saturated carbocycles. The van der Waals surface area contributed by atoms with Gasteiger partial charge in [0.15, 0.2) is 11.5 Å². The van der Waals surface area contributed by atoms with Gasteiger partial charge >= 0.3 is 5.97 Å². The van der Waals surface area contributed by atoms with Gasteiger partial charge in [-0.2, -0.15) is 0 Å². The van der Waals surface area contributed by atoms with E-state index in [1.54, 1.807) is 14.2 Å². The van der Waals surface area contributed by atoms with Crippen LogP contribution in [0.15, 0.2) is 18.2 Å². The predicted molar refractivity (Wildman–Crippen MR) is 110 cm³/mol. The van der Waals surface area contributed by atoms with Gasteiger partial charge < -0.3 is 19.5 Å². The summed E-state index contributed by atoms with van der Waals surface area (Å²) in [6.07, 6.45) is 4.66. The van der Waals surface area contributed by atoms with Gasteiger partial charge in [-0.05, 0) is 69.8 Å². The summed E-state index contributed by atoms with van der Waals surface area (Å²) < 4.78 is 10.9. The topological polar surface area (TPSA) is 100 Å². The molecule has 30 heavy (non-hydrogen) atoms. The van der Waals surface area contributed by atoms with Crippen molar-refractivity contribution in [2.45, 2.75) is 56.0 Å². The Bertz CT molecular complexity index is 840. The summed E-state index contributed by atoms with van der Waals surface area (Å²) in [5.74, 6) is 0.0135. The molecule has 0 bridgehead atoms. The molecular weight excluding hydrogens is 386 g/mol. The minimum absolute atomic E-state index is 0.0370. The Morgan fingerprint density at radius 2 is 1.87 bits per heavy atom. The highest BCUT2D eigenvalue weighted by Crippen LogP contribution is 2.50. The van der Waals surface area contributed by atoms with E-state index in [9.17, 15) is 14.7 Å². The molecule has 3 aliphatic rings. The van der Waals surface area contributed by atoms with Crippen LogP contribution < -0.4 is 20.3 Å². The van der Waals surface area contributed by atoms with Crippen LogP contribution in [0.1, 0.15) is 44.1 Å². The smallest absolute Gasteiger partial charge is 0.319 e. The number of amides is 1. The third-order valence-corrected chi connectivity index (χ3v) is 7.47. The minimum Gasteiger partial charge on any atom is -0.493 e. The molecule has 3 atom stereocenters. The van der Waals surface area contributed by atoms with Gasteiger partial charge in [-0.1, -0.05) is 6.07 Å². The predicted octanol–water partition coefficient (Wildman–Crippen LogP) is 1.68. The number of methoxy groups -OCH3 is 2. The summed E-state index contributed by atoms with van der Waals surface area (Å²) in [6.45, 7) is 1.01. The van der Waals surface area contributed by atoms with E-state index < -0.39 is 17.3 Å². The Labute approximate surface area is 176 Å². The van der Waals surface area contributed by atoms with Gasteiger partial charge in [-0.25, -0.2) is 5.43 Å². The van der Waals surface area contributed by atoms with Gasteiger partial charge in [0.25, 0.3) is 5.91 Å². The fraction of sp³-hybridized carbons (Fsp3) is 0.636. The fourth-order valence-electron chi connectivity index (χ4n) is 5.34. The second-order valence-corrected chi connectivity index (χ2v) is 8.93. The van der Waals surface area contributed by atoms with Gasteiger partial charge in [-0.3, -0.25) is 15.0 Å². The second-order valence-electron chi connectivity index (χ2n) is 8.93. The first-order valence-electron chi connectivity index (χ1n) is 10.6. The van der Waals surface area contributed by atoms with Crippen LogP contribution in [0.5, 0.6) is 11.5 Å². The summed E-state index contributed by atoms with van der Waals surface area (Å²) >= 11 is 0. The van der Waals surface area contributed by atoms with Crippen LogP contribution in [0.3, 0.4) is 0 Å². The van der Waals surface area contributed by atoms with Crippen LogP contribution in [0, 0.1) is 5.41 Å². The highest BCUT2D eigenvalue weighted by atomic mass is 16.5. The van der Waals surface area contributed by atoms with Crippen molar-refractivity contribution < 1.29 is 24.2 Å². The number of rotatable bonds is 7. The Hall–Kier alpha value is -2.32. The zero-order valence-electron chi connectivity index (χ0n) is 17.9. The van der Waals surface area contributed by atoms with E-state index in [1.165, 1.54) is 5.56 Å². The van der Waals surface area contributed by atoms with E-state index in [2.05, 4.69) is 34.9 Å². The number of carbonyl (C=O) groups is 2. The van der Waals surface area contributed by atoms with Crippen LogP contribution in [0.4, 0.5) is 0 Å². The molecular formula is C22H31N3O5. The van der Waals surface area contributed by atoms with Crippen molar-refractivity contribution in [2.24, 2.45) is 5.41 Å². The molecule has 164 valence electrons. The zero-order valence-corrected chi connectivity index (χ0v) is 17.9. The lowest BCUT2D eigenvalue weighted by atomic mass is 9.65. The lowest BCUT2D eigenvalue weighted by Gasteiger charge is -2.45. The maximum Gasteiger partial charge on any atom is 0.319 e. The molecule has 0 radical (unpaired) electrons. The van der Waals surface area contributed by atoms with Gasteiger partial charge in [0.05, 0.1) is 14.2 Å². The van der Waals surface area contributed by atoms with E-state index in [4.69, 9.17) is 9.47 Å². The van der Waals surface area contributed by atoms with Crippen molar-refractivity contribution in [3.63, 3.8) is 0 Å². The summed E-state index contributed by atoms with van der Waals surface area (Å²) in [4.78, 5) is 26.1. The minimum atomic E-state index is -1.23. The molecule has 3 N–H and O–H groups in total. The second kappa shape index (κ2) is 7.74. The first kappa shape index (κ1) is 20.9. The molecule has 1 aromatic rings. The molecule has 4 rings (SSSR count). The summed E-state index contributed by atoms with van der Waals surface area (Å²) in [7, 11) is 5.45. The number of fused-ring (bicyclic) bond motifs is 1. The Kier molecular flexibility index (Phi) is 5.40. The number of hydrogen-bond acceptors (Lipinski definition) is 6. The van der Waals surface area contributed by atoms with Crippen molar-refractivity contribution >= 4 is 11.9 Å². The molecule has 1 aliphatic heterocycles. The number of hydrazine groups is 1. The SMILES string of the molecule is COc1ccc([C@@]23CCC(NNC(=O)C4(C(=O)O)CC4)C[C@@H]2N(C)CC3)cc1OC.